The number of cyclic esters (lactones) is 1. The zero-order valence-corrected chi connectivity index (χ0v) is 21.8. The van der Waals surface area contributed by atoms with Gasteiger partial charge >= 0.3 is 6.09 Å². The van der Waals surface area contributed by atoms with E-state index in [1.807, 2.05) is 37.3 Å². The van der Waals surface area contributed by atoms with E-state index in [1.54, 1.807) is 24.3 Å². The first kappa shape index (κ1) is 26.2. The van der Waals surface area contributed by atoms with Crippen LogP contribution in [0.2, 0.25) is 0 Å². The molecule has 0 spiro atoms. The fourth-order valence-electron chi connectivity index (χ4n) is 6.23. The quantitative estimate of drug-likeness (QED) is 0.444. The van der Waals surface area contributed by atoms with E-state index in [0.29, 0.717) is 36.7 Å². The number of carbonyl (C=O) groups excluding carboxylic acids is 3. The summed E-state index contributed by atoms with van der Waals surface area (Å²) < 4.78 is 5.02. The molecular weight excluding hydrogens is 482 g/mol. The van der Waals surface area contributed by atoms with Gasteiger partial charge in [-0.25, -0.2) is 4.79 Å². The average molecular weight is 520 g/mol. The highest BCUT2D eigenvalue weighted by atomic mass is 16.6. The van der Waals surface area contributed by atoms with Gasteiger partial charge in [0.15, 0.2) is 0 Å². The Hall–Kier alpha value is -3.39. The van der Waals surface area contributed by atoms with Crippen molar-refractivity contribution in [3.05, 3.63) is 65.7 Å². The van der Waals surface area contributed by atoms with Gasteiger partial charge in [-0.3, -0.25) is 14.5 Å². The van der Waals surface area contributed by atoms with Crippen LogP contribution in [0.4, 0.5) is 10.5 Å². The Kier molecular flexibility index (Phi) is 7.98. The summed E-state index contributed by atoms with van der Waals surface area (Å²) >= 11 is 0. The molecule has 2 aliphatic carbocycles. The molecule has 3 unspecified atom stereocenters. The summed E-state index contributed by atoms with van der Waals surface area (Å²) in [5.74, 6) is 0.564. The lowest BCUT2D eigenvalue weighted by Gasteiger charge is -2.28. The number of carbonyl (C=O) groups is 3. The minimum atomic E-state index is -0.920. The number of hydrogen-bond donors (Lipinski definition) is 3. The summed E-state index contributed by atoms with van der Waals surface area (Å²) in [6.45, 7) is 2.58. The van der Waals surface area contributed by atoms with Crippen molar-refractivity contribution in [2.24, 2.45) is 17.8 Å². The second-order valence-corrected chi connectivity index (χ2v) is 11.1. The van der Waals surface area contributed by atoms with Gasteiger partial charge < -0.3 is 20.5 Å². The van der Waals surface area contributed by atoms with Gasteiger partial charge in [-0.2, -0.15) is 0 Å². The molecule has 5 rings (SSSR count). The van der Waals surface area contributed by atoms with E-state index in [0.717, 1.165) is 17.9 Å². The van der Waals surface area contributed by atoms with Gasteiger partial charge in [0.05, 0.1) is 18.7 Å². The standard InChI is InChI=1S/C30H37N3O5/c1-19(28(35)31-25-17-21-10-11-22(25)15-21)14-27(34)26(16-20-6-3-2-4-7-20)32-29(36)23-8-5-9-24(18-23)33-12-13-38-30(33)37/h2-9,18-19,21-22,25-27,34H,10-17H2,1H3,(H,31,35)(H,32,36)/t19-,21?,22?,25?,26+,27-/m1/s1. The van der Waals surface area contributed by atoms with Gasteiger partial charge in [0.25, 0.3) is 5.91 Å². The summed E-state index contributed by atoms with van der Waals surface area (Å²) in [4.78, 5) is 39.7. The molecule has 2 bridgehead atoms. The van der Waals surface area contributed by atoms with E-state index < -0.39 is 18.2 Å². The molecule has 2 saturated carbocycles. The van der Waals surface area contributed by atoms with Crippen LogP contribution in [-0.4, -0.2) is 54.4 Å². The number of nitrogens with zero attached hydrogens (tertiary/aromatic N) is 1. The van der Waals surface area contributed by atoms with Gasteiger partial charge in [-0.05, 0) is 67.7 Å². The Morgan fingerprint density at radius 2 is 1.92 bits per heavy atom. The smallest absolute Gasteiger partial charge is 0.414 e. The van der Waals surface area contributed by atoms with Crippen LogP contribution in [-0.2, 0) is 16.0 Å². The molecule has 3 fully saturated rings. The van der Waals surface area contributed by atoms with Crippen LogP contribution in [0.15, 0.2) is 54.6 Å². The monoisotopic (exact) mass is 519 g/mol. The number of anilines is 1. The molecule has 8 nitrogen and oxygen atoms in total. The van der Waals surface area contributed by atoms with Crippen molar-refractivity contribution in [3.63, 3.8) is 0 Å². The first-order valence-electron chi connectivity index (χ1n) is 13.7. The van der Waals surface area contributed by atoms with E-state index in [-0.39, 0.29) is 30.2 Å². The van der Waals surface area contributed by atoms with Gasteiger partial charge in [0.1, 0.15) is 6.61 Å². The van der Waals surface area contributed by atoms with Crippen molar-refractivity contribution >= 4 is 23.6 Å². The van der Waals surface area contributed by atoms with Crippen LogP contribution < -0.4 is 15.5 Å². The molecule has 3 amide bonds. The molecule has 1 heterocycles. The third kappa shape index (κ3) is 6.01. The van der Waals surface area contributed by atoms with Crippen LogP contribution in [0, 0.1) is 17.8 Å². The maximum absolute atomic E-state index is 13.3. The Morgan fingerprint density at radius 3 is 2.61 bits per heavy atom. The third-order valence-electron chi connectivity index (χ3n) is 8.37. The number of aliphatic hydroxyl groups excluding tert-OH is 1. The number of hydrogen-bond acceptors (Lipinski definition) is 5. The highest BCUT2D eigenvalue weighted by molar-refractivity contribution is 5.97. The molecule has 6 atom stereocenters. The average Bonchev–Trinajstić information content (AvgIpc) is 3.66. The highest BCUT2D eigenvalue weighted by Gasteiger charge is 2.40. The predicted molar refractivity (Wildman–Crippen MR) is 144 cm³/mol. The van der Waals surface area contributed by atoms with Crippen LogP contribution in [0.5, 0.6) is 0 Å². The molecule has 202 valence electrons. The third-order valence-corrected chi connectivity index (χ3v) is 8.37. The molecule has 2 aromatic rings. The maximum Gasteiger partial charge on any atom is 0.414 e. The largest absolute Gasteiger partial charge is 0.447 e. The van der Waals surface area contributed by atoms with Gasteiger partial charge in [0, 0.05) is 23.2 Å². The number of aliphatic hydroxyl groups is 1. The van der Waals surface area contributed by atoms with Crippen molar-refractivity contribution in [1.82, 2.24) is 10.6 Å². The summed E-state index contributed by atoms with van der Waals surface area (Å²) in [5, 5.41) is 17.5. The molecule has 3 N–H and O–H groups in total. The van der Waals surface area contributed by atoms with E-state index in [9.17, 15) is 19.5 Å². The molecule has 1 saturated heterocycles. The number of fused-ring (bicyclic) bond motifs is 2. The van der Waals surface area contributed by atoms with Crippen LogP contribution in [0.1, 0.15) is 54.9 Å². The predicted octanol–water partition coefficient (Wildman–Crippen LogP) is 3.68. The molecular formula is C30H37N3O5. The lowest BCUT2D eigenvalue weighted by atomic mass is 9.92. The summed E-state index contributed by atoms with van der Waals surface area (Å²) in [6, 6.07) is 16.1. The van der Waals surface area contributed by atoms with E-state index >= 15 is 0 Å². The Balaban J connectivity index is 1.25. The second-order valence-electron chi connectivity index (χ2n) is 11.1. The normalized spacial score (nSPS) is 24.5. The Labute approximate surface area is 223 Å². The van der Waals surface area contributed by atoms with Crippen molar-refractivity contribution in [2.75, 3.05) is 18.1 Å². The van der Waals surface area contributed by atoms with Crippen molar-refractivity contribution in [3.8, 4) is 0 Å². The summed E-state index contributed by atoms with van der Waals surface area (Å²) in [5.41, 5.74) is 1.95. The van der Waals surface area contributed by atoms with Gasteiger partial charge in [-0.15, -0.1) is 0 Å². The number of ether oxygens (including phenoxy) is 1. The molecule has 8 heteroatoms. The minimum absolute atomic E-state index is 0.0309. The zero-order chi connectivity index (χ0) is 26.6. The minimum Gasteiger partial charge on any atom is -0.447 e. The molecule has 0 radical (unpaired) electrons. The Bertz CT molecular complexity index is 1160. The van der Waals surface area contributed by atoms with E-state index in [4.69, 9.17) is 4.74 Å². The first-order chi connectivity index (χ1) is 18.4. The molecule has 1 aliphatic heterocycles. The highest BCUT2D eigenvalue weighted by Crippen LogP contribution is 2.44. The SMILES string of the molecule is C[C@H](C[C@@H](O)[C@H](Cc1ccccc1)NC(=O)c1cccc(N2CCOC2=O)c1)C(=O)NC1CC2CCC1C2. The lowest BCUT2D eigenvalue weighted by molar-refractivity contribution is -0.126. The molecule has 3 aliphatic rings. The second kappa shape index (κ2) is 11.6. The fraction of sp³-hybridized carbons (Fsp3) is 0.500. The number of nitrogens with one attached hydrogen (secondary N) is 2. The van der Waals surface area contributed by atoms with E-state index in [2.05, 4.69) is 10.6 Å². The number of amides is 3. The van der Waals surface area contributed by atoms with Gasteiger partial charge in [-0.1, -0.05) is 49.7 Å². The summed E-state index contributed by atoms with van der Waals surface area (Å²) in [7, 11) is 0. The van der Waals surface area contributed by atoms with Crippen molar-refractivity contribution in [1.29, 1.82) is 0 Å². The number of rotatable bonds is 10. The summed E-state index contributed by atoms with van der Waals surface area (Å²) in [6.07, 6.45) is 4.06. The van der Waals surface area contributed by atoms with Crippen LogP contribution in [0.25, 0.3) is 0 Å². The molecule has 2 aromatic carbocycles. The first-order valence-corrected chi connectivity index (χ1v) is 13.7. The zero-order valence-electron chi connectivity index (χ0n) is 21.8. The molecule has 0 aromatic heterocycles. The van der Waals surface area contributed by atoms with Gasteiger partial charge in [0.2, 0.25) is 5.91 Å². The van der Waals surface area contributed by atoms with Crippen LogP contribution in [0.3, 0.4) is 0 Å². The maximum atomic E-state index is 13.3. The topological polar surface area (TPSA) is 108 Å². The van der Waals surface area contributed by atoms with Crippen molar-refractivity contribution in [2.45, 2.75) is 63.6 Å². The lowest BCUT2D eigenvalue weighted by Crippen LogP contribution is -2.47. The van der Waals surface area contributed by atoms with E-state index in [1.165, 1.54) is 24.2 Å². The number of benzene rings is 2. The Morgan fingerprint density at radius 1 is 1.11 bits per heavy atom. The van der Waals surface area contributed by atoms with Crippen molar-refractivity contribution < 1.29 is 24.2 Å². The molecule has 38 heavy (non-hydrogen) atoms. The van der Waals surface area contributed by atoms with Crippen LogP contribution >= 0.6 is 0 Å². The fourth-order valence-corrected chi connectivity index (χ4v) is 6.23.